The molecule has 8 nitrogen and oxygen atoms in total. The molecule has 0 spiro atoms. The summed E-state index contributed by atoms with van der Waals surface area (Å²) in [6.07, 6.45) is 0. The van der Waals surface area contributed by atoms with Crippen LogP contribution in [0.2, 0.25) is 0 Å². The van der Waals surface area contributed by atoms with Crippen LogP contribution in [0.4, 0.5) is 0 Å². The summed E-state index contributed by atoms with van der Waals surface area (Å²) in [5, 5.41) is 13.4. The van der Waals surface area contributed by atoms with Crippen LogP contribution >= 0.6 is 11.8 Å². The molecular weight excluding hydrogens is 458 g/mol. The van der Waals surface area contributed by atoms with Crippen molar-refractivity contribution in [3.8, 4) is 11.4 Å². The molecule has 1 amide bonds. The van der Waals surface area contributed by atoms with E-state index in [4.69, 9.17) is 4.98 Å². The fourth-order valence-electron chi connectivity index (χ4n) is 4.15. The number of nitrogens with zero attached hydrogens (tertiary/aromatic N) is 6. The fourth-order valence-corrected chi connectivity index (χ4v) is 4.91. The van der Waals surface area contributed by atoms with Crippen molar-refractivity contribution in [3.05, 3.63) is 84.7 Å². The quantitative estimate of drug-likeness (QED) is 0.360. The molecule has 0 radical (unpaired) electrons. The summed E-state index contributed by atoms with van der Waals surface area (Å²) >= 11 is 1.34. The maximum Gasteiger partial charge on any atom is 0.230 e. The van der Waals surface area contributed by atoms with Crippen LogP contribution in [0.15, 0.2) is 84.0 Å². The van der Waals surface area contributed by atoms with Crippen molar-refractivity contribution >= 4 is 45.3 Å². The minimum atomic E-state index is -0.103. The van der Waals surface area contributed by atoms with E-state index in [1.54, 1.807) is 0 Å². The Morgan fingerprint density at radius 2 is 1.63 bits per heavy atom. The van der Waals surface area contributed by atoms with Crippen molar-refractivity contribution in [2.24, 2.45) is 7.05 Å². The first kappa shape index (κ1) is 21.3. The topological polar surface area (TPSA) is 90.0 Å². The highest BCUT2D eigenvalue weighted by Crippen LogP contribution is 2.28. The van der Waals surface area contributed by atoms with Gasteiger partial charge < -0.3 is 9.88 Å². The van der Waals surface area contributed by atoms with Crippen LogP contribution in [0.5, 0.6) is 0 Å². The highest BCUT2D eigenvalue weighted by Gasteiger charge is 2.18. The van der Waals surface area contributed by atoms with Crippen LogP contribution < -0.4 is 5.32 Å². The van der Waals surface area contributed by atoms with Crippen molar-refractivity contribution in [1.29, 1.82) is 0 Å². The zero-order valence-corrected chi connectivity index (χ0v) is 19.7. The Balaban J connectivity index is 1.26. The predicted molar refractivity (Wildman–Crippen MR) is 137 cm³/mol. The maximum atomic E-state index is 12.7. The van der Waals surface area contributed by atoms with Crippen molar-refractivity contribution in [2.75, 3.05) is 5.75 Å². The lowest BCUT2D eigenvalue weighted by molar-refractivity contribution is -0.118. The molecule has 6 aromatic rings. The summed E-state index contributed by atoms with van der Waals surface area (Å²) < 4.78 is 3.93. The van der Waals surface area contributed by atoms with E-state index in [2.05, 4.69) is 20.5 Å². The molecule has 35 heavy (non-hydrogen) atoms. The number of aryl methyl sites for hydroxylation is 1. The molecule has 1 N–H and O–H groups in total. The second-order valence-electron chi connectivity index (χ2n) is 8.10. The number of hydrogen-bond donors (Lipinski definition) is 1. The molecule has 3 aromatic heterocycles. The Morgan fingerprint density at radius 1 is 0.886 bits per heavy atom. The number of rotatable bonds is 6. The van der Waals surface area contributed by atoms with E-state index in [0.29, 0.717) is 11.7 Å². The number of aromatic nitrogens is 6. The Bertz CT molecular complexity index is 1690. The largest absolute Gasteiger partial charge is 0.348 e. The first-order valence-electron chi connectivity index (χ1n) is 11.2. The van der Waals surface area contributed by atoms with Crippen molar-refractivity contribution in [2.45, 2.75) is 11.7 Å². The number of carbonyl (C=O) groups is 1. The van der Waals surface area contributed by atoms with Gasteiger partial charge in [-0.1, -0.05) is 66.4 Å². The molecule has 0 bridgehead atoms. The molecule has 3 aromatic carbocycles. The van der Waals surface area contributed by atoms with Crippen molar-refractivity contribution in [1.82, 2.24) is 34.4 Å². The van der Waals surface area contributed by atoms with E-state index >= 15 is 0 Å². The monoisotopic (exact) mass is 479 g/mol. The first-order valence-corrected chi connectivity index (χ1v) is 12.2. The molecule has 172 valence electrons. The minimum Gasteiger partial charge on any atom is -0.348 e. The number of benzene rings is 3. The Hall–Kier alpha value is -4.24. The summed E-state index contributed by atoms with van der Waals surface area (Å²) in [5.41, 5.74) is 4.47. The van der Waals surface area contributed by atoms with E-state index in [1.807, 2.05) is 94.9 Å². The summed E-state index contributed by atoms with van der Waals surface area (Å²) in [5.74, 6) is 1.64. The predicted octanol–water partition coefficient (Wildman–Crippen LogP) is 4.24. The highest BCUT2D eigenvalue weighted by atomic mass is 32.2. The van der Waals surface area contributed by atoms with Gasteiger partial charge in [0.15, 0.2) is 10.8 Å². The summed E-state index contributed by atoms with van der Waals surface area (Å²) in [6, 6.07) is 25.7. The molecule has 9 heteroatoms. The zero-order valence-electron chi connectivity index (χ0n) is 18.9. The van der Waals surface area contributed by atoms with Crippen LogP contribution in [0, 0.1) is 0 Å². The molecule has 0 saturated carbocycles. The van der Waals surface area contributed by atoms with Gasteiger partial charge in [-0.25, -0.2) is 9.97 Å². The van der Waals surface area contributed by atoms with E-state index in [9.17, 15) is 4.79 Å². The Labute approximate surface area is 205 Å². The summed E-state index contributed by atoms with van der Waals surface area (Å²) in [7, 11) is 1.95. The molecule has 0 aliphatic carbocycles. The number of fused-ring (bicyclic) bond motifs is 4. The smallest absolute Gasteiger partial charge is 0.230 e. The van der Waals surface area contributed by atoms with Crippen molar-refractivity contribution < 1.29 is 4.79 Å². The van der Waals surface area contributed by atoms with E-state index in [1.165, 1.54) is 11.8 Å². The summed E-state index contributed by atoms with van der Waals surface area (Å²) in [6.45, 7) is 0.354. The second-order valence-corrected chi connectivity index (χ2v) is 9.04. The van der Waals surface area contributed by atoms with E-state index in [-0.39, 0.29) is 11.7 Å². The third kappa shape index (κ3) is 3.89. The van der Waals surface area contributed by atoms with Gasteiger partial charge in [-0.15, -0.1) is 10.2 Å². The lowest BCUT2D eigenvalue weighted by Crippen LogP contribution is -2.26. The third-order valence-electron chi connectivity index (χ3n) is 5.90. The van der Waals surface area contributed by atoms with Gasteiger partial charge in [-0.3, -0.25) is 9.20 Å². The van der Waals surface area contributed by atoms with Crippen molar-refractivity contribution in [3.63, 3.8) is 0 Å². The lowest BCUT2D eigenvalue weighted by atomic mass is 10.2. The minimum absolute atomic E-state index is 0.103. The number of nitrogens with one attached hydrogen (secondary N) is 1. The molecule has 0 atom stereocenters. The molecular formula is C26H21N7OS. The average molecular weight is 480 g/mol. The van der Waals surface area contributed by atoms with Gasteiger partial charge >= 0.3 is 0 Å². The average Bonchev–Trinajstić information content (AvgIpc) is 3.48. The van der Waals surface area contributed by atoms with E-state index in [0.717, 1.165) is 44.8 Å². The van der Waals surface area contributed by atoms with Crippen LogP contribution in [0.3, 0.4) is 0 Å². The van der Waals surface area contributed by atoms with Crippen LogP contribution in [-0.4, -0.2) is 40.8 Å². The number of hydrogen-bond acceptors (Lipinski definition) is 6. The molecule has 0 fully saturated rings. The van der Waals surface area contributed by atoms with Gasteiger partial charge in [0.25, 0.3) is 0 Å². The molecule has 0 saturated heterocycles. The third-order valence-corrected chi connectivity index (χ3v) is 6.83. The fraction of sp³-hybridized carbons (Fsp3) is 0.115. The van der Waals surface area contributed by atoms with Gasteiger partial charge in [0.2, 0.25) is 5.91 Å². The van der Waals surface area contributed by atoms with E-state index < -0.39 is 0 Å². The lowest BCUT2D eigenvalue weighted by Gasteiger charge is -2.09. The second kappa shape index (κ2) is 8.84. The summed E-state index contributed by atoms with van der Waals surface area (Å²) in [4.78, 5) is 22.2. The van der Waals surface area contributed by atoms with Gasteiger partial charge in [0.05, 0.1) is 28.8 Å². The first-order chi connectivity index (χ1) is 17.2. The van der Waals surface area contributed by atoms with Gasteiger partial charge in [0.1, 0.15) is 11.6 Å². The molecule has 6 rings (SSSR count). The SMILES string of the molecule is Cn1c(CNC(=O)CSc2nnc3c4ccccc4nc(-c4ccccc4)n23)nc2ccccc21. The van der Waals surface area contributed by atoms with Gasteiger partial charge in [-0.05, 0) is 24.3 Å². The highest BCUT2D eigenvalue weighted by molar-refractivity contribution is 7.99. The zero-order chi connectivity index (χ0) is 23.8. The number of amides is 1. The Morgan fingerprint density at radius 3 is 2.46 bits per heavy atom. The molecule has 0 aliphatic heterocycles. The number of imidazole rings is 1. The van der Waals surface area contributed by atoms with Crippen LogP contribution in [0.25, 0.3) is 39.0 Å². The molecule has 0 unspecified atom stereocenters. The van der Waals surface area contributed by atoms with Crippen LogP contribution in [-0.2, 0) is 18.4 Å². The standard InChI is InChI=1S/C26H21N7OS/c1-32-21-14-8-7-13-20(21)28-22(32)15-27-23(34)16-35-26-31-30-25-18-11-5-6-12-19(18)29-24(33(25)26)17-9-3-2-4-10-17/h2-14H,15-16H2,1H3,(H,27,34). The molecule has 3 heterocycles. The number of thioether (sulfide) groups is 1. The number of carbonyl (C=O) groups excluding carboxylic acids is 1. The van der Waals surface area contributed by atoms with Gasteiger partial charge in [-0.2, -0.15) is 0 Å². The van der Waals surface area contributed by atoms with Crippen LogP contribution in [0.1, 0.15) is 5.82 Å². The van der Waals surface area contributed by atoms with Gasteiger partial charge in [0, 0.05) is 18.0 Å². The normalized spacial score (nSPS) is 11.5. The Kier molecular flexibility index (Phi) is 5.38. The maximum absolute atomic E-state index is 12.7. The molecule has 0 aliphatic rings. The number of para-hydroxylation sites is 3.